The maximum absolute atomic E-state index is 5.80. The van der Waals surface area contributed by atoms with Crippen LogP contribution in [0.3, 0.4) is 0 Å². The van der Waals surface area contributed by atoms with Crippen molar-refractivity contribution >= 4 is 0 Å². The van der Waals surface area contributed by atoms with Gasteiger partial charge in [-0.25, -0.2) is 0 Å². The minimum absolute atomic E-state index is 0.515. The van der Waals surface area contributed by atoms with E-state index in [1.165, 1.54) is 38.9 Å². The number of rotatable bonds is 4. The van der Waals surface area contributed by atoms with Crippen molar-refractivity contribution in [3.63, 3.8) is 0 Å². The van der Waals surface area contributed by atoms with Crippen LogP contribution in [0.25, 0.3) is 0 Å². The van der Waals surface area contributed by atoms with Gasteiger partial charge >= 0.3 is 0 Å². The molecule has 1 aliphatic carbocycles. The van der Waals surface area contributed by atoms with Crippen molar-refractivity contribution in [2.45, 2.75) is 25.3 Å². The van der Waals surface area contributed by atoms with E-state index in [0.717, 1.165) is 12.6 Å². The Morgan fingerprint density at radius 3 is 2.57 bits per heavy atom. The Bertz CT molecular complexity index is 199. The Balaban J connectivity index is 1.79. The average molecular weight is 197 g/mol. The quantitative estimate of drug-likeness (QED) is 0.706. The van der Waals surface area contributed by atoms with Gasteiger partial charge in [0.15, 0.2) is 0 Å². The van der Waals surface area contributed by atoms with Crippen LogP contribution in [0.5, 0.6) is 0 Å². The van der Waals surface area contributed by atoms with Crippen molar-refractivity contribution in [3.8, 4) is 0 Å². The Hall–Kier alpha value is -0.120. The topological polar surface area (TPSA) is 32.5 Å². The number of likely N-dealkylation sites (tertiary alicyclic amines) is 1. The largest absolute Gasteiger partial charge is 0.330 e. The van der Waals surface area contributed by atoms with Crippen molar-refractivity contribution in [1.82, 2.24) is 9.80 Å². The van der Waals surface area contributed by atoms with E-state index in [9.17, 15) is 0 Å². The molecule has 2 fully saturated rings. The fourth-order valence-electron chi connectivity index (χ4n) is 2.46. The molecule has 2 N–H and O–H groups in total. The molecule has 1 unspecified atom stereocenters. The lowest BCUT2D eigenvalue weighted by molar-refractivity contribution is 0.235. The SMILES string of the molecule is CN(C)C1CCN(CC2(CN)CC2)C1. The lowest BCUT2D eigenvalue weighted by Crippen LogP contribution is -2.36. The summed E-state index contributed by atoms with van der Waals surface area (Å²) in [4.78, 5) is 4.95. The third-order valence-corrected chi connectivity index (χ3v) is 3.93. The highest BCUT2D eigenvalue weighted by atomic mass is 15.2. The van der Waals surface area contributed by atoms with Crippen LogP contribution in [0.1, 0.15) is 19.3 Å². The van der Waals surface area contributed by atoms with Gasteiger partial charge in [0.1, 0.15) is 0 Å². The number of nitrogens with zero attached hydrogens (tertiary/aromatic N) is 2. The van der Waals surface area contributed by atoms with E-state index in [2.05, 4.69) is 23.9 Å². The van der Waals surface area contributed by atoms with E-state index in [1.54, 1.807) is 0 Å². The van der Waals surface area contributed by atoms with Gasteiger partial charge in [0.05, 0.1) is 0 Å². The third kappa shape index (κ3) is 2.10. The van der Waals surface area contributed by atoms with Gasteiger partial charge in [0.2, 0.25) is 0 Å². The number of likely N-dealkylation sites (N-methyl/N-ethyl adjacent to an activating group) is 1. The molecule has 1 aliphatic heterocycles. The summed E-state index contributed by atoms with van der Waals surface area (Å²) >= 11 is 0. The summed E-state index contributed by atoms with van der Waals surface area (Å²) in [6, 6.07) is 0.767. The summed E-state index contributed by atoms with van der Waals surface area (Å²) in [7, 11) is 4.37. The highest BCUT2D eigenvalue weighted by Gasteiger charge is 2.43. The standard InChI is InChI=1S/C11H23N3/c1-13(2)10-3-6-14(7-10)9-11(8-12)4-5-11/h10H,3-9,12H2,1-2H3. The predicted octanol–water partition coefficient (Wildman–Crippen LogP) is 0.361. The lowest BCUT2D eigenvalue weighted by Gasteiger charge is -2.23. The summed E-state index contributed by atoms with van der Waals surface area (Å²) in [5.74, 6) is 0. The number of hydrogen-bond acceptors (Lipinski definition) is 3. The van der Waals surface area contributed by atoms with E-state index >= 15 is 0 Å². The normalized spacial score (nSPS) is 31.3. The maximum atomic E-state index is 5.80. The highest BCUT2D eigenvalue weighted by Crippen LogP contribution is 2.45. The zero-order chi connectivity index (χ0) is 10.2. The summed E-state index contributed by atoms with van der Waals surface area (Å²) < 4.78 is 0. The zero-order valence-electron chi connectivity index (χ0n) is 9.50. The van der Waals surface area contributed by atoms with E-state index in [1.807, 2.05) is 0 Å². The molecule has 14 heavy (non-hydrogen) atoms. The molecule has 1 saturated carbocycles. The highest BCUT2D eigenvalue weighted by molar-refractivity contribution is 4.98. The second kappa shape index (κ2) is 3.80. The van der Waals surface area contributed by atoms with Crippen LogP contribution in [0, 0.1) is 5.41 Å². The van der Waals surface area contributed by atoms with E-state index in [-0.39, 0.29) is 0 Å². The first-order chi connectivity index (χ1) is 6.65. The second-order valence-corrected chi connectivity index (χ2v) is 5.35. The molecule has 0 radical (unpaired) electrons. The molecule has 3 nitrogen and oxygen atoms in total. The van der Waals surface area contributed by atoms with Gasteiger partial charge in [-0.3, -0.25) is 0 Å². The van der Waals surface area contributed by atoms with Crippen LogP contribution in [0.15, 0.2) is 0 Å². The van der Waals surface area contributed by atoms with Crippen LogP contribution in [-0.2, 0) is 0 Å². The number of nitrogens with two attached hydrogens (primary N) is 1. The zero-order valence-corrected chi connectivity index (χ0v) is 9.50. The van der Waals surface area contributed by atoms with Crippen LogP contribution in [0.4, 0.5) is 0 Å². The molecule has 1 heterocycles. The summed E-state index contributed by atoms with van der Waals surface area (Å²) in [5, 5.41) is 0. The lowest BCUT2D eigenvalue weighted by atomic mass is 10.1. The molecular weight excluding hydrogens is 174 g/mol. The Morgan fingerprint density at radius 2 is 2.14 bits per heavy atom. The van der Waals surface area contributed by atoms with Crippen LogP contribution in [-0.4, -0.2) is 56.1 Å². The Morgan fingerprint density at radius 1 is 1.43 bits per heavy atom. The van der Waals surface area contributed by atoms with Gasteiger partial charge < -0.3 is 15.5 Å². The molecule has 0 aromatic carbocycles. The van der Waals surface area contributed by atoms with Gasteiger partial charge in [0.25, 0.3) is 0 Å². The second-order valence-electron chi connectivity index (χ2n) is 5.35. The van der Waals surface area contributed by atoms with E-state index in [0.29, 0.717) is 5.41 Å². The number of hydrogen-bond donors (Lipinski definition) is 1. The minimum atomic E-state index is 0.515. The monoisotopic (exact) mass is 197 g/mol. The van der Waals surface area contributed by atoms with Crippen LogP contribution in [0.2, 0.25) is 0 Å². The average Bonchev–Trinajstić information content (AvgIpc) is 2.75. The molecule has 82 valence electrons. The molecule has 0 amide bonds. The summed E-state index contributed by atoms with van der Waals surface area (Å²) in [6.45, 7) is 4.64. The first-order valence-corrected chi connectivity index (χ1v) is 5.74. The first-order valence-electron chi connectivity index (χ1n) is 5.74. The molecule has 0 spiro atoms. The Labute approximate surface area is 87.2 Å². The van der Waals surface area contributed by atoms with Gasteiger partial charge in [-0.15, -0.1) is 0 Å². The van der Waals surface area contributed by atoms with Crippen molar-refractivity contribution in [2.24, 2.45) is 11.1 Å². The van der Waals surface area contributed by atoms with Crippen LogP contribution >= 0.6 is 0 Å². The molecular formula is C11H23N3. The summed E-state index contributed by atoms with van der Waals surface area (Å²) in [5.41, 5.74) is 6.32. The van der Waals surface area contributed by atoms with Crippen LogP contribution < -0.4 is 5.73 Å². The molecule has 2 aliphatic rings. The molecule has 1 atom stereocenters. The fraction of sp³-hybridized carbons (Fsp3) is 1.00. The van der Waals surface area contributed by atoms with Crippen molar-refractivity contribution in [2.75, 3.05) is 40.3 Å². The van der Waals surface area contributed by atoms with Gasteiger partial charge in [0, 0.05) is 19.1 Å². The van der Waals surface area contributed by atoms with Crippen molar-refractivity contribution < 1.29 is 0 Å². The van der Waals surface area contributed by atoms with Gasteiger partial charge in [-0.1, -0.05) is 0 Å². The van der Waals surface area contributed by atoms with E-state index in [4.69, 9.17) is 5.73 Å². The molecule has 1 saturated heterocycles. The molecule has 0 bridgehead atoms. The van der Waals surface area contributed by atoms with Crippen molar-refractivity contribution in [3.05, 3.63) is 0 Å². The maximum Gasteiger partial charge on any atom is 0.0229 e. The minimum Gasteiger partial charge on any atom is -0.330 e. The molecule has 0 aromatic rings. The van der Waals surface area contributed by atoms with Gasteiger partial charge in [-0.05, 0) is 51.9 Å². The molecule has 0 aromatic heterocycles. The molecule has 2 rings (SSSR count). The first kappa shape index (κ1) is 10.4. The Kier molecular flexibility index (Phi) is 2.82. The predicted molar refractivity (Wildman–Crippen MR) is 59.3 cm³/mol. The van der Waals surface area contributed by atoms with Crippen molar-refractivity contribution in [1.29, 1.82) is 0 Å². The van der Waals surface area contributed by atoms with Gasteiger partial charge in [-0.2, -0.15) is 0 Å². The molecule has 3 heteroatoms. The van der Waals surface area contributed by atoms with E-state index < -0.39 is 0 Å². The third-order valence-electron chi connectivity index (χ3n) is 3.93. The summed E-state index contributed by atoms with van der Waals surface area (Å²) in [6.07, 6.45) is 4.03. The smallest absolute Gasteiger partial charge is 0.0229 e. The fourth-order valence-corrected chi connectivity index (χ4v) is 2.46.